The van der Waals surface area contributed by atoms with Crippen LogP contribution in [-0.2, 0) is 0 Å². The first-order chi connectivity index (χ1) is 5.20. The lowest BCUT2D eigenvalue weighted by atomic mass is 10.2. The summed E-state index contributed by atoms with van der Waals surface area (Å²) < 4.78 is 0. The van der Waals surface area contributed by atoms with Gasteiger partial charge in [0, 0.05) is 5.78 Å². The van der Waals surface area contributed by atoms with Crippen molar-refractivity contribution in [3.63, 3.8) is 0 Å². The lowest BCUT2D eigenvalue weighted by Gasteiger charge is -2.13. The number of hydrogen-bond acceptors (Lipinski definition) is 1. The van der Waals surface area contributed by atoms with Gasteiger partial charge in [0.25, 0.3) is 0 Å². The van der Waals surface area contributed by atoms with Gasteiger partial charge in [-0.3, -0.25) is 0 Å². The molecule has 0 spiro atoms. The highest BCUT2D eigenvalue weighted by molar-refractivity contribution is 7.37. The van der Waals surface area contributed by atoms with Crippen molar-refractivity contribution in [3.8, 4) is 0 Å². The first-order valence-corrected chi connectivity index (χ1v) is 5.82. The summed E-state index contributed by atoms with van der Waals surface area (Å²) in [5.74, 6) is 0.704. The van der Waals surface area contributed by atoms with Gasteiger partial charge >= 0.3 is 0 Å². The molecule has 0 aliphatic carbocycles. The van der Waals surface area contributed by atoms with Gasteiger partial charge < -0.3 is 5.32 Å². The second-order valence-electron chi connectivity index (χ2n) is 2.92. The second kappa shape index (κ2) is 6.82. The maximum absolute atomic E-state index is 3.46. The molecule has 0 aliphatic rings. The minimum Gasteiger partial charge on any atom is -0.310 e. The minimum atomic E-state index is 0.704. The Labute approximate surface area is 72.4 Å². The summed E-state index contributed by atoms with van der Waals surface area (Å²) >= 11 is 0. The summed E-state index contributed by atoms with van der Waals surface area (Å²) in [7, 11) is 1.000. The van der Waals surface area contributed by atoms with E-state index in [0.717, 1.165) is 15.1 Å². The monoisotopic (exact) mass is 173 g/mol. The van der Waals surface area contributed by atoms with Crippen molar-refractivity contribution in [1.82, 2.24) is 5.32 Å². The van der Waals surface area contributed by atoms with E-state index in [0.29, 0.717) is 5.78 Å². The molecule has 0 saturated heterocycles. The van der Waals surface area contributed by atoms with Crippen molar-refractivity contribution in [2.75, 3.05) is 13.2 Å². The molecule has 0 radical (unpaired) electrons. The molecule has 66 valence electrons. The van der Waals surface area contributed by atoms with Crippen molar-refractivity contribution < 1.29 is 0 Å². The maximum Gasteiger partial charge on any atom is 0.0271 e. The van der Waals surface area contributed by atoms with E-state index < -0.39 is 0 Å². The van der Waals surface area contributed by atoms with Gasteiger partial charge in [0.1, 0.15) is 0 Å². The Morgan fingerprint density at radius 1 is 1.55 bits per heavy atom. The lowest BCUT2D eigenvalue weighted by Crippen LogP contribution is -2.23. The Morgan fingerprint density at radius 3 is 2.55 bits per heavy atom. The molecule has 0 aromatic heterocycles. The van der Waals surface area contributed by atoms with E-state index >= 15 is 0 Å². The maximum atomic E-state index is 3.46. The van der Waals surface area contributed by atoms with E-state index in [1.807, 2.05) is 0 Å². The molecule has 11 heavy (non-hydrogen) atoms. The summed E-state index contributed by atoms with van der Waals surface area (Å²) in [6.07, 6.45) is 3.49. The van der Waals surface area contributed by atoms with Crippen LogP contribution in [0, 0.1) is 0 Å². The number of hydrogen-bond donors (Lipinski definition) is 1. The average Bonchev–Trinajstić information content (AvgIpc) is 1.97. The predicted octanol–water partition coefficient (Wildman–Crippen LogP) is 2.59. The van der Waals surface area contributed by atoms with Gasteiger partial charge in [0.15, 0.2) is 0 Å². The molecule has 0 amide bonds. The van der Waals surface area contributed by atoms with Crippen molar-refractivity contribution in [2.24, 2.45) is 0 Å². The van der Waals surface area contributed by atoms with Crippen molar-refractivity contribution >= 4 is 8.58 Å². The molecule has 0 heterocycles. The molecule has 0 bridgehead atoms. The molecule has 2 heteroatoms. The van der Waals surface area contributed by atoms with Crippen LogP contribution in [-0.4, -0.2) is 19.0 Å². The van der Waals surface area contributed by atoms with Crippen molar-refractivity contribution in [2.45, 2.75) is 33.0 Å². The van der Waals surface area contributed by atoms with Gasteiger partial charge in [-0.05, 0) is 33.5 Å². The van der Waals surface area contributed by atoms with Crippen molar-refractivity contribution in [1.29, 1.82) is 0 Å². The summed E-state index contributed by atoms with van der Waals surface area (Å²) in [5, 5.41) is 3.46. The highest BCUT2D eigenvalue weighted by Crippen LogP contribution is 2.15. The summed E-state index contributed by atoms with van der Waals surface area (Å²) in [4.78, 5) is 0. The highest BCUT2D eigenvalue weighted by Gasteiger charge is 1.99. The second-order valence-corrected chi connectivity index (χ2v) is 4.19. The third kappa shape index (κ3) is 6.52. The molecule has 2 atom stereocenters. The fourth-order valence-corrected chi connectivity index (χ4v) is 1.67. The third-order valence-electron chi connectivity index (χ3n) is 1.56. The number of nitrogens with one attached hydrogen (secondary N) is 1. The topological polar surface area (TPSA) is 12.0 Å². The Morgan fingerprint density at radius 2 is 2.18 bits per heavy atom. The van der Waals surface area contributed by atoms with Crippen LogP contribution in [0.25, 0.3) is 0 Å². The highest BCUT2D eigenvalue weighted by atomic mass is 31.1. The van der Waals surface area contributed by atoms with Gasteiger partial charge in [0.05, 0.1) is 0 Å². The molecule has 1 N–H and O–H groups in total. The SMILES string of the molecule is CCN[C@@H](CC=C(C)C)PC. The van der Waals surface area contributed by atoms with Gasteiger partial charge in [-0.1, -0.05) is 18.6 Å². The normalized spacial score (nSPS) is 13.8. The van der Waals surface area contributed by atoms with Crippen LogP contribution in [0.15, 0.2) is 11.6 Å². The fourth-order valence-electron chi connectivity index (χ4n) is 0.903. The standard InChI is InChI=1S/C9H20NP/c1-5-10-9(11-4)7-6-8(2)3/h6,9-11H,5,7H2,1-4H3/t9-/m1/s1. The van der Waals surface area contributed by atoms with Crippen molar-refractivity contribution in [3.05, 3.63) is 11.6 Å². The number of rotatable bonds is 5. The number of allylic oxidation sites excluding steroid dienone is 1. The Balaban J connectivity index is 3.60. The fraction of sp³-hybridized carbons (Fsp3) is 0.778. The molecule has 0 rings (SSSR count). The van der Waals surface area contributed by atoms with Crippen LogP contribution in [0.4, 0.5) is 0 Å². The Kier molecular flexibility index (Phi) is 6.90. The summed E-state index contributed by atoms with van der Waals surface area (Å²) in [6, 6.07) is 0. The Bertz CT molecular complexity index is 117. The molecule has 0 aromatic carbocycles. The zero-order valence-corrected chi connectivity index (χ0v) is 9.07. The predicted molar refractivity (Wildman–Crippen MR) is 55.8 cm³/mol. The van der Waals surface area contributed by atoms with Crippen LogP contribution in [0.3, 0.4) is 0 Å². The molecule has 1 unspecified atom stereocenters. The summed E-state index contributed by atoms with van der Waals surface area (Å²) in [5.41, 5.74) is 1.42. The molecule has 0 aliphatic heterocycles. The van der Waals surface area contributed by atoms with E-state index in [9.17, 15) is 0 Å². The minimum absolute atomic E-state index is 0.704. The molecule has 0 fully saturated rings. The molecule has 0 aromatic rings. The van der Waals surface area contributed by atoms with Gasteiger partial charge in [-0.25, -0.2) is 0 Å². The van der Waals surface area contributed by atoms with Crippen LogP contribution in [0.5, 0.6) is 0 Å². The third-order valence-corrected chi connectivity index (χ3v) is 2.70. The van der Waals surface area contributed by atoms with Gasteiger partial charge in [-0.15, -0.1) is 8.58 Å². The molecular weight excluding hydrogens is 153 g/mol. The largest absolute Gasteiger partial charge is 0.310 e. The van der Waals surface area contributed by atoms with Gasteiger partial charge in [-0.2, -0.15) is 0 Å². The first-order valence-electron chi connectivity index (χ1n) is 4.24. The Hall–Kier alpha value is 0.130. The van der Waals surface area contributed by atoms with E-state index in [-0.39, 0.29) is 0 Å². The average molecular weight is 173 g/mol. The lowest BCUT2D eigenvalue weighted by molar-refractivity contribution is 0.677. The summed E-state index contributed by atoms with van der Waals surface area (Å²) in [6.45, 7) is 9.81. The zero-order valence-electron chi connectivity index (χ0n) is 8.07. The van der Waals surface area contributed by atoms with E-state index in [2.05, 4.69) is 38.8 Å². The van der Waals surface area contributed by atoms with Crippen LogP contribution in [0.1, 0.15) is 27.2 Å². The van der Waals surface area contributed by atoms with Crippen LogP contribution >= 0.6 is 8.58 Å². The van der Waals surface area contributed by atoms with Gasteiger partial charge in [0.2, 0.25) is 0 Å². The van der Waals surface area contributed by atoms with Crippen LogP contribution in [0.2, 0.25) is 0 Å². The molecular formula is C9H20NP. The molecule has 1 nitrogen and oxygen atoms in total. The first kappa shape index (κ1) is 11.1. The van der Waals surface area contributed by atoms with Crippen LogP contribution < -0.4 is 5.32 Å². The van der Waals surface area contributed by atoms with E-state index in [1.165, 1.54) is 12.0 Å². The molecule has 0 saturated carbocycles. The zero-order chi connectivity index (χ0) is 8.69. The van der Waals surface area contributed by atoms with E-state index in [4.69, 9.17) is 0 Å². The smallest absolute Gasteiger partial charge is 0.0271 e. The quantitative estimate of drug-likeness (QED) is 0.497. The van der Waals surface area contributed by atoms with E-state index in [1.54, 1.807) is 0 Å².